The van der Waals surface area contributed by atoms with Crippen LogP contribution in [0.2, 0.25) is 0 Å². The maximum atomic E-state index is 12.2. The first-order chi connectivity index (χ1) is 12.2. The van der Waals surface area contributed by atoms with Gasteiger partial charge in [0.1, 0.15) is 5.78 Å². The fourth-order valence-corrected chi connectivity index (χ4v) is 3.79. The fraction of sp³-hybridized carbons (Fsp3) is 0.875. The second-order valence-corrected chi connectivity index (χ2v) is 7.81. The number of allylic oxidation sites excluding steroid dienone is 2. The van der Waals surface area contributed by atoms with Gasteiger partial charge in [-0.05, 0) is 37.5 Å². The zero-order valence-corrected chi connectivity index (χ0v) is 17.8. The molecule has 148 valence electrons. The lowest BCUT2D eigenvalue weighted by atomic mass is 9.80. The molecule has 0 aromatic carbocycles. The van der Waals surface area contributed by atoms with E-state index in [4.69, 9.17) is 0 Å². The minimum absolute atomic E-state index is 0.506. The highest BCUT2D eigenvalue weighted by Gasteiger charge is 2.19. The average molecular weight is 351 g/mol. The molecule has 0 aliphatic heterocycles. The Labute approximate surface area is 159 Å². The Balaban J connectivity index is 4.17. The van der Waals surface area contributed by atoms with Crippen molar-refractivity contribution in [3.05, 3.63) is 12.2 Å². The molecule has 1 heteroatoms. The van der Waals surface area contributed by atoms with Gasteiger partial charge < -0.3 is 0 Å². The van der Waals surface area contributed by atoms with Crippen molar-refractivity contribution in [1.82, 2.24) is 0 Å². The Kier molecular flexibility index (Phi) is 17.8. The zero-order valence-electron chi connectivity index (χ0n) is 17.8. The van der Waals surface area contributed by atoms with Crippen molar-refractivity contribution in [2.24, 2.45) is 11.8 Å². The Morgan fingerprint density at radius 3 is 2.08 bits per heavy atom. The maximum absolute atomic E-state index is 12.2. The summed E-state index contributed by atoms with van der Waals surface area (Å²) >= 11 is 0. The van der Waals surface area contributed by atoms with Crippen LogP contribution in [0.3, 0.4) is 0 Å². The standard InChI is InChI=1S/C24H46O/c1-5-9-11-13-15-18-22(8-4)23(17-7-3)20-21-24(25)19-16-14-12-10-6-2/h13,15,22-23H,5-12,14,16-21H2,1-4H3/b15-13-. The molecule has 0 N–H and O–H groups in total. The van der Waals surface area contributed by atoms with Crippen LogP contribution >= 0.6 is 0 Å². The van der Waals surface area contributed by atoms with Crippen LogP contribution in [0.4, 0.5) is 0 Å². The van der Waals surface area contributed by atoms with Crippen LogP contribution in [0.5, 0.6) is 0 Å². The number of hydrogen-bond donors (Lipinski definition) is 0. The third-order valence-corrected chi connectivity index (χ3v) is 5.53. The van der Waals surface area contributed by atoms with Crippen molar-refractivity contribution in [3.8, 4) is 0 Å². The Morgan fingerprint density at radius 1 is 0.720 bits per heavy atom. The third kappa shape index (κ3) is 14.3. The van der Waals surface area contributed by atoms with Gasteiger partial charge in [0.15, 0.2) is 0 Å². The number of rotatable bonds is 18. The second-order valence-electron chi connectivity index (χ2n) is 7.81. The van der Waals surface area contributed by atoms with Gasteiger partial charge in [0.2, 0.25) is 0 Å². The van der Waals surface area contributed by atoms with Crippen LogP contribution < -0.4 is 0 Å². The maximum Gasteiger partial charge on any atom is 0.132 e. The van der Waals surface area contributed by atoms with E-state index in [0.29, 0.717) is 5.78 Å². The lowest BCUT2D eigenvalue weighted by Crippen LogP contribution is -2.15. The van der Waals surface area contributed by atoms with Crippen molar-refractivity contribution in [3.63, 3.8) is 0 Å². The molecule has 0 amide bonds. The molecule has 1 nitrogen and oxygen atoms in total. The summed E-state index contributed by atoms with van der Waals surface area (Å²) in [6.07, 6.45) is 22.5. The van der Waals surface area contributed by atoms with E-state index in [1.54, 1.807) is 0 Å². The van der Waals surface area contributed by atoms with Gasteiger partial charge in [-0.25, -0.2) is 0 Å². The summed E-state index contributed by atoms with van der Waals surface area (Å²) in [5.74, 6) is 2.00. The molecule has 0 aliphatic rings. The highest BCUT2D eigenvalue weighted by Crippen LogP contribution is 2.29. The molecule has 25 heavy (non-hydrogen) atoms. The molecule has 0 aromatic rings. The molecular weight excluding hydrogens is 304 g/mol. The predicted octanol–water partition coefficient (Wildman–Crippen LogP) is 8.28. The lowest BCUT2D eigenvalue weighted by Gasteiger charge is -2.25. The quantitative estimate of drug-likeness (QED) is 0.179. The minimum atomic E-state index is 0.506. The summed E-state index contributed by atoms with van der Waals surface area (Å²) in [5.41, 5.74) is 0. The van der Waals surface area contributed by atoms with E-state index in [1.807, 2.05) is 0 Å². The zero-order chi connectivity index (χ0) is 18.8. The smallest absolute Gasteiger partial charge is 0.132 e. The summed E-state index contributed by atoms with van der Waals surface area (Å²) < 4.78 is 0. The van der Waals surface area contributed by atoms with E-state index >= 15 is 0 Å². The van der Waals surface area contributed by atoms with Crippen molar-refractivity contribution < 1.29 is 4.79 Å². The molecule has 0 aromatic heterocycles. The summed E-state index contributed by atoms with van der Waals surface area (Å²) in [6.45, 7) is 9.10. The molecule has 0 aliphatic carbocycles. The monoisotopic (exact) mass is 350 g/mol. The molecule has 2 unspecified atom stereocenters. The van der Waals surface area contributed by atoms with E-state index in [1.165, 1.54) is 70.6 Å². The Bertz CT molecular complexity index is 318. The molecule has 0 bridgehead atoms. The van der Waals surface area contributed by atoms with Crippen LogP contribution in [-0.2, 0) is 4.79 Å². The molecule has 0 heterocycles. The topological polar surface area (TPSA) is 17.1 Å². The summed E-state index contributed by atoms with van der Waals surface area (Å²) in [7, 11) is 0. The average Bonchev–Trinajstić information content (AvgIpc) is 2.62. The first-order valence-corrected chi connectivity index (χ1v) is 11.4. The number of carbonyl (C=O) groups excluding carboxylic acids is 1. The molecule has 0 fully saturated rings. The second kappa shape index (κ2) is 18.2. The molecule has 0 rings (SSSR count). The van der Waals surface area contributed by atoms with Gasteiger partial charge in [0.05, 0.1) is 0 Å². The summed E-state index contributed by atoms with van der Waals surface area (Å²) in [6, 6.07) is 0. The van der Waals surface area contributed by atoms with E-state index in [0.717, 1.165) is 37.5 Å². The molecule has 0 spiro atoms. The highest BCUT2D eigenvalue weighted by atomic mass is 16.1. The first-order valence-electron chi connectivity index (χ1n) is 11.4. The van der Waals surface area contributed by atoms with Gasteiger partial charge in [-0.2, -0.15) is 0 Å². The van der Waals surface area contributed by atoms with Gasteiger partial charge >= 0.3 is 0 Å². The van der Waals surface area contributed by atoms with Gasteiger partial charge in [-0.15, -0.1) is 0 Å². The summed E-state index contributed by atoms with van der Waals surface area (Å²) in [5, 5.41) is 0. The number of ketones is 1. The van der Waals surface area contributed by atoms with Gasteiger partial charge in [0, 0.05) is 12.8 Å². The van der Waals surface area contributed by atoms with Crippen molar-refractivity contribution in [2.75, 3.05) is 0 Å². The number of Topliss-reactive ketones (excluding diaryl/α,β-unsaturated/α-hetero) is 1. The van der Waals surface area contributed by atoms with E-state index in [2.05, 4.69) is 39.8 Å². The number of hydrogen-bond acceptors (Lipinski definition) is 1. The van der Waals surface area contributed by atoms with Crippen LogP contribution in [0.1, 0.15) is 124 Å². The molecule has 2 atom stereocenters. The Hall–Kier alpha value is -0.590. The normalized spacial score (nSPS) is 14.1. The summed E-state index contributed by atoms with van der Waals surface area (Å²) in [4.78, 5) is 12.2. The number of unbranched alkanes of at least 4 members (excludes halogenated alkanes) is 6. The molecular formula is C24H46O. The Morgan fingerprint density at radius 2 is 1.44 bits per heavy atom. The fourth-order valence-electron chi connectivity index (χ4n) is 3.79. The van der Waals surface area contributed by atoms with Crippen molar-refractivity contribution in [1.29, 1.82) is 0 Å². The van der Waals surface area contributed by atoms with Crippen LogP contribution in [0.25, 0.3) is 0 Å². The molecule has 0 radical (unpaired) electrons. The van der Waals surface area contributed by atoms with E-state index in [-0.39, 0.29) is 0 Å². The van der Waals surface area contributed by atoms with Crippen LogP contribution in [0.15, 0.2) is 12.2 Å². The van der Waals surface area contributed by atoms with Crippen molar-refractivity contribution in [2.45, 2.75) is 124 Å². The third-order valence-electron chi connectivity index (χ3n) is 5.53. The largest absolute Gasteiger partial charge is 0.300 e. The highest BCUT2D eigenvalue weighted by molar-refractivity contribution is 5.78. The first kappa shape index (κ1) is 24.4. The van der Waals surface area contributed by atoms with Crippen LogP contribution in [-0.4, -0.2) is 5.78 Å². The van der Waals surface area contributed by atoms with E-state index in [9.17, 15) is 4.79 Å². The van der Waals surface area contributed by atoms with Gasteiger partial charge in [0.25, 0.3) is 0 Å². The SMILES string of the molecule is CCCC/C=C\CC(CC)C(CCC)CCC(=O)CCCCCCC. The van der Waals surface area contributed by atoms with Gasteiger partial charge in [-0.1, -0.05) is 97.6 Å². The van der Waals surface area contributed by atoms with Gasteiger partial charge in [-0.3, -0.25) is 4.79 Å². The number of carbonyl (C=O) groups is 1. The lowest BCUT2D eigenvalue weighted by molar-refractivity contribution is -0.119. The molecule has 0 saturated heterocycles. The predicted molar refractivity (Wildman–Crippen MR) is 113 cm³/mol. The van der Waals surface area contributed by atoms with Crippen LogP contribution in [0, 0.1) is 11.8 Å². The molecule has 0 saturated carbocycles. The minimum Gasteiger partial charge on any atom is -0.300 e. The van der Waals surface area contributed by atoms with E-state index < -0.39 is 0 Å². The van der Waals surface area contributed by atoms with Crippen molar-refractivity contribution >= 4 is 5.78 Å².